The number of nitrogens with one attached hydrogen (secondary N) is 1. The zero-order chi connectivity index (χ0) is 16.0. The number of benzene rings is 1. The molecule has 7 heteroatoms. The summed E-state index contributed by atoms with van der Waals surface area (Å²) in [6.45, 7) is 1.93. The SMILES string of the molecule is CC(NC(=O)c1cn(C)c2ccccc12)c1cn2ncsc2n1. The number of nitrogens with zero attached hydrogens (tertiary/aromatic N) is 4. The molecule has 0 aliphatic heterocycles. The molecule has 3 heterocycles. The van der Waals surface area contributed by atoms with Gasteiger partial charge in [-0.15, -0.1) is 0 Å². The molecule has 0 aliphatic rings. The van der Waals surface area contributed by atoms with Crippen molar-refractivity contribution in [2.24, 2.45) is 7.05 Å². The Labute approximate surface area is 136 Å². The van der Waals surface area contributed by atoms with Gasteiger partial charge in [0.15, 0.2) is 0 Å². The summed E-state index contributed by atoms with van der Waals surface area (Å²) < 4.78 is 3.69. The number of hydrogen-bond acceptors (Lipinski definition) is 4. The number of rotatable bonds is 3. The van der Waals surface area contributed by atoms with Crippen molar-refractivity contribution in [3.8, 4) is 0 Å². The van der Waals surface area contributed by atoms with Crippen LogP contribution in [-0.4, -0.2) is 25.1 Å². The zero-order valence-electron chi connectivity index (χ0n) is 12.7. The molecule has 1 aromatic carbocycles. The Bertz CT molecular complexity index is 983. The first kappa shape index (κ1) is 14.0. The monoisotopic (exact) mass is 325 g/mol. The van der Waals surface area contributed by atoms with E-state index in [1.807, 2.05) is 55.2 Å². The fraction of sp³-hybridized carbons (Fsp3) is 0.188. The van der Waals surface area contributed by atoms with Crippen LogP contribution in [0, 0.1) is 0 Å². The summed E-state index contributed by atoms with van der Waals surface area (Å²) in [6, 6.07) is 7.70. The van der Waals surface area contributed by atoms with Gasteiger partial charge in [-0.3, -0.25) is 4.79 Å². The number of amides is 1. The molecule has 116 valence electrons. The van der Waals surface area contributed by atoms with E-state index in [-0.39, 0.29) is 11.9 Å². The van der Waals surface area contributed by atoms with Gasteiger partial charge in [0.1, 0.15) is 5.51 Å². The van der Waals surface area contributed by atoms with Crippen molar-refractivity contribution >= 4 is 33.1 Å². The number of aromatic nitrogens is 4. The maximum absolute atomic E-state index is 12.6. The lowest BCUT2D eigenvalue weighted by Crippen LogP contribution is -2.26. The Balaban J connectivity index is 1.62. The first-order chi connectivity index (χ1) is 11.1. The summed E-state index contributed by atoms with van der Waals surface area (Å²) in [6.07, 6.45) is 3.71. The molecule has 1 atom stereocenters. The highest BCUT2D eigenvalue weighted by Crippen LogP contribution is 2.21. The molecule has 23 heavy (non-hydrogen) atoms. The van der Waals surface area contributed by atoms with E-state index < -0.39 is 0 Å². The first-order valence-electron chi connectivity index (χ1n) is 7.27. The maximum atomic E-state index is 12.6. The molecule has 4 aromatic rings. The molecule has 0 saturated heterocycles. The summed E-state index contributed by atoms with van der Waals surface area (Å²) in [4.78, 5) is 17.9. The molecular formula is C16H15N5OS. The molecule has 0 spiro atoms. The van der Waals surface area contributed by atoms with Crippen molar-refractivity contribution < 1.29 is 4.79 Å². The number of para-hydroxylation sites is 1. The van der Waals surface area contributed by atoms with Crippen LogP contribution in [-0.2, 0) is 7.05 Å². The predicted molar refractivity (Wildman–Crippen MR) is 89.7 cm³/mol. The first-order valence-corrected chi connectivity index (χ1v) is 8.15. The third-order valence-corrected chi connectivity index (χ3v) is 4.63. The lowest BCUT2D eigenvalue weighted by atomic mass is 10.1. The fourth-order valence-electron chi connectivity index (χ4n) is 2.74. The summed E-state index contributed by atoms with van der Waals surface area (Å²) in [5.41, 5.74) is 4.26. The van der Waals surface area contributed by atoms with Gasteiger partial charge in [0.2, 0.25) is 4.96 Å². The minimum Gasteiger partial charge on any atom is -0.350 e. The van der Waals surface area contributed by atoms with E-state index in [4.69, 9.17) is 0 Å². The molecule has 0 bridgehead atoms. The smallest absolute Gasteiger partial charge is 0.253 e. The van der Waals surface area contributed by atoms with Crippen molar-refractivity contribution in [2.45, 2.75) is 13.0 Å². The average molecular weight is 325 g/mol. The fourth-order valence-corrected chi connectivity index (χ4v) is 3.34. The van der Waals surface area contributed by atoms with Crippen LogP contribution in [0.25, 0.3) is 15.9 Å². The topological polar surface area (TPSA) is 64.2 Å². The van der Waals surface area contributed by atoms with Gasteiger partial charge in [0.05, 0.1) is 23.5 Å². The Morgan fingerprint density at radius 1 is 1.30 bits per heavy atom. The van der Waals surface area contributed by atoms with Gasteiger partial charge in [0.25, 0.3) is 5.91 Å². The minimum atomic E-state index is -0.185. The molecule has 0 saturated carbocycles. The van der Waals surface area contributed by atoms with E-state index in [9.17, 15) is 4.79 Å². The summed E-state index contributed by atoms with van der Waals surface area (Å²) in [5, 5.41) is 8.13. The highest BCUT2D eigenvalue weighted by Gasteiger charge is 2.18. The maximum Gasteiger partial charge on any atom is 0.253 e. The van der Waals surface area contributed by atoms with Gasteiger partial charge in [0, 0.05) is 24.1 Å². The molecule has 0 fully saturated rings. The number of carbonyl (C=O) groups is 1. The zero-order valence-corrected chi connectivity index (χ0v) is 13.5. The normalized spacial score (nSPS) is 12.8. The summed E-state index contributed by atoms with van der Waals surface area (Å²) in [5.74, 6) is -0.0985. The average Bonchev–Trinajstić information content (AvgIpc) is 3.21. The summed E-state index contributed by atoms with van der Waals surface area (Å²) in [7, 11) is 1.94. The Kier molecular flexibility index (Phi) is 3.16. The van der Waals surface area contributed by atoms with Crippen LogP contribution in [0.3, 0.4) is 0 Å². The van der Waals surface area contributed by atoms with E-state index >= 15 is 0 Å². The second-order valence-electron chi connectivity index (χ2n) is 5.50. The molecule has 3 aromatic heterocycles. The Morgan fingerprint density at radius 2 is 2.13 bits per heavy atom. The van der Waals surface area contributed by atoms with Gasteiger partial charge in [-0.05, 0) is 13.0 Å². The van der Waals surface area contributed by atoms with Gasteiger partial charge in [-0.1, -0.05) is 29.5 Å². The lowest BCUT2D eigenvalue weighted by molar-refractivity contribution is 0.0940. The van der Waals surface area contributed by atoms with E-state index in [1.54, 1.807) is 10.0 Å². The highest BCUT2D eigenvalue weighted by molar-refractivity contribution is 7.14. The van der Waals surface area contributed by atoms with Gasteiger partial charge in [-0.25, -0.2) is 9.50 Å². The van der Waals surface area contributed by atoms with E-state index in [1.165, 1.54) is 11.3 Å². The van der Waals surface area contributed by atoms with E-state index in [2.05, 4.69) is 15.4 Å². The van der Waals surface area contributed by atoms with Crippen LogP contribution >= 0.6 is 11.3 Å². The summed E-state index contributed by atoms with van der Waals surface area (Å²) >= 11 is 1.47. The van der Waals surface area contributed by atoms with Crippen LogP contribution in [0.4, 0.5) is 0 Å². The third kappa shape index (κ3) is 2.29. The van der Waals surface area contributed by atoms with E-state index in [0.29, 0.717) is 5.56 Å². The van der Waals surface area contributed by atoms with Crippen LogP contribution in [0.2, 0.25) is 0 Å². The van der Waals surface area contributed by atoms with Crippen molar-refractivity contribution in [3.63, 3.8) is 0 Å². The second-order valence-corrected chi connectivity index (χ2v) is 6.31. The molecule has 1 unspecified atom stereocenters. The molecule has 0 aliphatic carbocycles. The van der Waals surface area contributed by atoms with Crippen LogP contribution in [0.5, 0.6) is 0 Å². The van der Waals surface area contributed by atoms with Crippen LogP contribution in [0.15, 0.2) is 42.2 Å². The largest absolute Gasteiger partial charge is 0.350 e. The number of hydrogen-bond donors (Lipinski definition) is 1. The Hall–Kier alpha value is -2.67. The van der Waals surface area contributed by atoms with Crippen molar-refractivity contribution in [3.05, 3.63) is 53.4 Å². The minimum absolute atomic E-state index is 0.0985. The molecule has 1 amide bonds. The van der Waals surface area contributed by atoms with Crippen molar-refractivity contribution in [2.75, 3.05) is 0 Å². The standard InChI is InChI=1S/C16H15N5OS/c1-10(13-8-21-16(19-13)23-9-17-21)18-15(22)12-7-20(2)14-6-4-3-5-11(12)14/h3-10H,1-2H3,(H,18,22). The van der Waals surface area contributed by atoms with Crippen LogP contribution < -0.4 is 5.32 Å². The van der Waals surface area contributed by atoms with E-state index in [0.717, 1.165) is 21.6 Å². The van der Waals surface area contributed by atoms with Gasteiger partial charge < -0.3 is 9.88 Å². The molecular weight excluding hydrogens is 310 g/mol. The number of aryl methyl sites for hydroxylation is 1. The second kappa shape index (κ2) is 5.20. The quantitative estimate of drug-likeness (QED) is 0.630. The van der Waals surface area contributed by atoms with Gasteiger partial charge >= 0.3 is 0 Å². The highest BCUT2D eigenvalue weighted by atomic mass is 32.1. The van der Waals surface area contributed by atoms with Crippen molar-refractivity contribution in [1.82, 2.24) is 24.5 Å². The third-order valence-electron chi connectivity index (χ3n) is 3.94. The number of fused-ring (bicyclic) bond motifs is 2. The van der Waals surface area contributed by atoms with Gasteiger partial charge in [-0.2, -0.15) is 5.10 Å². The number of imidazole rings is 1. The van der Waals surface area contributed by atoms with Crippen LogP contribution in [0.1, 0.15) is 29.0 Å². The molecule has 0 radical (unpaired) electrons. The Morgan fingerprint density at radius 3 is 2.96 bits per heavy atom. The lowest BCUT2D eigenvalue weighted by Gasteiger charge is -2.10. The number of carbonyl (C=O) groups excluding carboxylic acids is 1. The molecule has 4 rings (SSSR count). The molecule has 6 nitrogen and oxygen atoms in total. The van der Waals surface area contributed by atoms with Crippen molar-refractivity contribution in [1.29, 1.82) is 0 Å². The predicted octanol–water partition coefficient (Wildman–Crippen LogP) is 2.77. The molecule has 1 N–H and O–H groups in total.